The summed E-state index contributed by atoms with van der Waals surface area (Å²) in [6, 6.07) is 7.60. The lowest BCUT2D eigenvalue weighted by molar-refractivity contribution is -0.144. The van der Waals surface area contributed by atoms with Gasteiger partial charge in [-0.3, -0.25) is 15.0 Å². The summed E-state index contributed by atoms with van der Waals surface area (Å²) in [7, 11) is 0. The number of halogens is 3. The van der Waals surface area contributed by atoms with Crippen LogP contribution in [0.15, 0.2) is 41.7 Å². The highest BCUT2D eigenvalue weighted by molar-refractivity contribution is 6.01. The zero-order chi connectivity index (χ0) is 23.5. The fourth-order valence-corrected chi connectivity index (χ4v) is 5.25. The quantitative estimate of drug-likeness (QED) is 0.517. The number of alkyl halides is 3. The summed E-state index contributed by atoms with van der Waals surface area (Å²) < 4.78 is 39.5. The molecule has 1 fully saturated rings. The molecule has 1 saturated carbocycles. The molecule has 0 atom stereocenters. The van der Waals surface area contributed by atoms with E-state index >= 15 is 0 Å². The minimum absolute atomic E-state index is 0.190. The standard InChI is InChI=1S/C25H23F3N6/c1-15-12-18-17(30-14-15)13-21(32-18)24(8-3-9-24)20-6-5-19-16(31-20)4-2-11-34(19)22-7-10-29-23(33-22)25(26,27)28/h5-7,10,12,14H,2-4,8-9,11,13H2,1H3. The number of rotatable bonds is 3. The van der Waals surface area contributed by atoms with E-state index in [-0.39, 0.29) is 11.2 Å². The van der Waals surface area contributed by atoms with Crippen molar-refractivity contribution in [1.82, 2.24) is 19.9 Å². The van der Waals surface area contributed by atoms with Crippen molar-refractivity contribution >= 4 is 22.9 Å². The van der Waals surface area contributed by atoms with Gasteiger partial charge >= 0.3 is 6.18 Å². The Morgan fingerprint density at radius 1 is 1.00 bits per heavy atom. The van der Waals surface area contributed by atoms with Crippen LogP contribution < -0.4 is 4.90 Å². The third kappa shape index (κ3) is 3.36. The summed E-state index contributed by atoms with van der Waals surface area (Å²) in [5, 5.41) is 0. The Bertz CT molecular complexity index is 1310. The van der Waals surface area contributed by atoms with Gasteiger partial charge in [0.25, 0.3) is 0 Å². The number of hydrogen-bond donors (Lipinski definition) is 0. The molecule has 3 aromatic rings. The zero-order valence-electron chi connectivity index (χ0n) is 18.7. The molecular weight excluding hydrogens is 441 g/mol. The van der Waals surface area contributed by atoms with Crippen molar-refractivity contribution in [3.8, 4) is 0 Å². The summed E-state index contributed by atoms with van der Waals surface area (Å²) in [5.41, 5.74) is 6.70. The van der Waals surface area contributed by atoms with Gasteiger partial charge < -0.3 is 4.90 Å². The second-order valence-corrected chi connectivity index (χ2v) is 9.30. The Kier molecular flexibility index (Phi) is 4.72. The van der Waals surface area contributed by atoms with Crippen LogP contribution >= 0.6 is 0 Å². The molecule has 0 amide bonds. The van der Waals surface area contributed by atoms with E-state index in [1.54, 1.807) is 0 Å². The predicted octanol–water partition coefficient (Wildman–Crippen LogP) is 5.43. The first kappa shape index (κ1) is 21.2. The van der Waals surface area contributed by atoms with Crippen LogP contribution in [0.25, 0.3) is 0 Å². The first-order chi connectivity index (χ1) is 16.3. The van der Waals surface area contributed by atoms with Crippen molar-refractivity contribution < 1.29 is 13.2 Å². The number of anilines is 2. The van der Waals surface area contributed by atoms with E-state index in [9.17, 15) is 13.2 Å². The second-order valence-electron chi connectivity index (χ2n) is 9.30. The number of fused-ring (bicyclic) bond motifs is 2. The average molecular weight is 464 g/mol. The van der Waals surface area contributed by atoms with Gasteiger partial charge in [-0.1, -0.05) is 6.42 Å². The van der Waals surface area contributed by atoms with Gasteiger partial charge in [0.05, 0.1) is 33.9 Å². The molecule has 174 valence electrons. The molecule has 3 aliphatic rings. The van der Waals surface area contributed by atoms with Crippen LogP contribution in [0.3, 0.4) is 0 Å². The van der Waals surface area contributed by atoms with Crippen LogP contribution in [0.1, 0.15) is 54.2 Å². The highest BCUT2D eigenvalue weighted by atomic mass is 19.4. The van der Waals surface area contributed by atoms with E-state index in [2.05, 4.69) is 21.0 Å². The maximum Gasteiger partial charge on any atom is 0.451 e. The Hall–Kier alpha value is -3.36. The lowest BCUT2D eigenvalue weighted by atomic mass is 9.62. The van der Waals surface area contributed by atoms with E-state index in [4.69, 9.17) is 9.98 Å². The largest absolute Gasteiger partial charge is 0.451 e. The average Bonchev–Trinajstić information content (AvgIpc) is 3.20. The first-order valence-corrected chi connectivity index (χ1v) is 11.6. The van der Waals surface area contributed by atoms with Crippen LogP contribution in [0.5, 0.6) is 0 Å². The summed E-state index contributed by atoms with van der Waals surface area (Å²) in [4.78, 5) is 23.6. The number of hydrogen-bond acceptors (Lipinski definition) is 6. The van der Waals surface area contributed by atoms with E-state index in [1.165, 1.54) is 6.07 Å². The zero-order valence-corrected chi connectivity index (χ0v) is 18.7. The van der Waals surface area contributed by atoms with Gasteiger partial charge in [0.2, 0.25) is 5.82 Å². The smallest absolute Gasteiger partial charge is 0.325 e. The van der Waals surface area contributed by atoms with E-state index in [1.807, 2.05) is 30.2 Å². The summed E-state index contributed by atoms with van der Waals surface area (Å²) in [5.74, 6) is -0.883. The molecule has 0 N–H and O–H groups in total. The topological polar surface area (TPSA) is 67.2 Å². The summed E-state index contributed by atoms with van der Waals surface area (Å²) in [6.45, 7) is 2.60. The molecule has 0 saturated heterocycles. The molecule has 2 aliphatic heterocycles. The minimum Gasteiger partial charge on any atom is -0.325 e. The highest BCUT2D eigenvalue weighted by Gasteiger charge is 2.46. The molecule has 3 aromatic heterocycles. The van der Waals surface area contributed by atoms with Crippen LogP contribution in [0.2, 0.25) is 0 Å². The molecule has 6 nitrogen and oxygen atoms in total. The number of pyridine rings is 2. The number of nitrogens with zero attached hydrogens (tertiary/aromatic N) is 6. The minimum atomic E-state index is -4.58. The molecule has 0 unspecified atom stereocenters. The molecular formula is C25H23F3N6. The van der Waals surface area contributed by atoms with Gasteiger partial charge in [-0.15, -0.1) is 0 Å². The number of aromatic nitrogens is 4. The highest BCUT2D eigenvalue weighted by Crippen LogP contribution is 2.48. The SMILES string of the molecule is Cc1cnc2c(c1)N=C(C1(c3ccc4c(n3)CCCN4c3ccnc(C(F)(F)F)n3)CCC1)C2. The van der Waals surface area contributed by atoms with Gasteiger partial charge in [0.15, 0.2) is 0 Å². The summed E-state index contributed by atoms with van der Waals surface area (Å²) in [6.07, 6.45) is 3.88. The molecule has 5 heterocycles. The Labute approximate surface area is 195 Å². The van der Waals surface area contributed by atoms with Crippen molar-refractivity contribution in [2.45, 2.75) is 57.0 Å². The van der Waals surface area contributed by atoms with Crippen molar-refractivity contribution in [2.24, 2.45) is 4.99 Å². The van der Waals surface area contributed by atoms with Crippen LogP contribution in [-0.4, -0.2) is 32.2 Å². The van der Waals surface area contributed by atoms with Crippen molar-refractivity contribution in [1.29, 1.82) is 0 Å². The van der Waals surface area contributed by atoms with Gasteiger partial charge in [-0.2, -0.15) is 13.2 Å². The van der Waals surface area contributed by atoms with Crippen LogP contribution in [0.4, 0.5) is 30.4 Å². The maximum atomic E-state index is 13.2. The van der Waals surface area contributed by atoms with Gasteiger partial charge in [0, 0.05) is 31.1 Å². The van der Waals surface area contributed by atoms with Crippen LogP contribution in [-0.2, 0) is 24.4 Å². The van der Waals surface area contributed by atoms with E-state index in [0.29, 0.717) is 6.54 Å². The lowest BCUT2D eigenvalue weighted by Crippen LogP contribution is -2.43. The monoisotopic (exact) mass is 464 g/mol. The van der Waals surface area contributed by atoms with Crippen molar-refractivity contribution in [3.63, 3.8) is 0 Å². The Balaban J connectivity index is 1.35. The molecule has 34 heavy (non-hydrogen) atoms. The van der Waals surface area contributed by atoms with Crippen molar-refractivity contribution in [2.75, 3.05) is 11.4 Å². The van der Waals surface area contributed by atoms with Gasteiger partial charge in [-0.05, 0) is 62.4 Å². The summed E-state index contributed by atoms with van der Waals surface area (Å²) >= 11 is 0. The second kappa shape index (κ2) is 7.58. The van der Waals surface area contributed by atoms with Gasteiger partial charge in [0.1, 0.15) is 5.82 Å². The van der Waals surface area contributed by atoms with Crippen LogP contribution in [0, 0.1) is 6.92 Å². The molecule has 0 aromatic carbocycles. The van der Waals surface area contributed by atoms with E-state index in [0.717, 1.165) is 84.5 Å². The Morgan fingerprint density at radius 2 is 1.85 bits per heavy atom. The molecule has 6 rings (SSSR count). The van der Waals surface area contributed by atoms with Gasteiger partial charge in [-0.25, -0.2) is 9.97 Å². The predicted molar refractivity (Wildman–Crippen MR) is 122 cm³/mol. The molecule has 0 radical (unpaired) electrons. The normalized spacial score (nSPS) is 18.7. The molecule has 0 bridgehead atoms. The van der Waals surface area contributed by atoms with Crippen molar-refractivity contribution in [3.05, 3.63) is 65.1 Å². The lowest BCUT2D eigenvalue weighted by Gasteiger charge is -2.42. The fourth-order valence-electron chi connectivity index (χ4n) is 5.25. The van der Waals surface area contributed by atoms with E-state index < -0.39 is 12.0 Å². The molecule has 0 spiro atoms. The third-order valence-corrected chi connectivity index (χ3v) is 7.13. The molecule has 9 heteroatoms. The first-order valence-electron chi connectivity index (χ1n) is 11.6. The maximum absolute atomic E-state index is 13.2. The fraction of sp³-hybridized carbons (Fsp3) is 0.400. The third-order valence-electron chi connectivity index (χ3n) is 7.13. The number of aryl methyl sites for hydroxylation is 2. The Morgan fingerprint density at radius 3 is 2.62 bits per heavy atom. The molecule has 1 aliphatic carbocycles. The number of aliphatic imine (C=N–C) groups is 1.